The molecular formula is C13H6ClF4N3OS. The minimum Gasteiger partial charge on any atom is -0.300 e. The fourth-order valence-corrected chi connectivity index (χ4v) is 2.45. The van der Waals surface area contributed by atoms with Gasteiger partial charge in [0.25, 0.3) is 5.56 Å². The van der Waals surface area contributed by atoms with Crippen molar-refractivity contribution < 1.29 is 17.6 Å². The Morgan fingerprint density at radius 3 is 2.57 bits per heavy atom. The number of rotatable bonds is 2. The van der Waals surface area contributed by atoms with Crippen molar-refractivity contribution in [2.24, 2.45) is 0 Å². The molecule has 1 heterocycles. The summed E-state index contributed by atoms with van der Waals surface area (Å²) in [5.74, 6) is -1.40. The van der Waals surface area contributed by atoms with Crippen molar-refractivity contribution in [2.75, 3.05) is 6.26 Å². The van der Waals surface area contributed by atoms with Crippen molar-refractivity contribution in [1.29, 1.82) is 5.26 Å². The summed E-state index contributed by atoms with van der Waals surface area (Å²) in [5, 5.41) is 7.95. The second-order valence-corrected chi connectivity index (χ2v) is 5.37. The van der Waals surface area contributed by atoms with Crippen LogP contribution in [0, 0.1) is 17.1 Å². The van der Waals surface area contributed by atoms with E-state index in [4.69, 9.17) is 16.9 Å². The zero-order valence-corrected chi connectivity index (χ0v) is 12.8. The molecule has 1 aromatic heterocycles. The number of hydrogen-bond acceptors (Lipinski definition) is 4. The van der Waals surface area contributed by atoms with E-state index in [9.17, 15) is 22.4 Å². The summed E-state index contributed by atoms with van der Waals surface area (Å²) in [6, 6.07) is 2.92. The summed E-state index contributed by atoms with van der Waals surface area (Å²) in [6.45, 7) is 0. The van der Waals surface area contributed by atoms with Crippen molar-refractivity contribution in [3.63, 3.8) is 0 Å². The van der Waals surface area contributed by atoms with Gasteiger partial charge in [-0.2, -0.15) is 18.4 Å². The molecule has 10 heteroatoms. The molecule has 23 heavy (non-hydrogen) atoms. The highest BCUT2D eigenvalue weighted by atomic mass is 35.5. The number of aromatic nitrogens is 2. The third-order valence-corrected chi connectivity index (χ3v) is 3.80. The smallest absolute Gasteiger partial charge is 0.300 e. The number of benzene rings is 1. The SMILES string of the molecule is CSc1nc(-c2ccc(C(F)(F)F)c(Cl)c2F)c(C#N)c(=O)[nH]1. The molecule has 4 nitrogen and oxygen atoms in total. The molecule has 0 amide bonds. The van der Waals surface area contributed by atoms with Crippen LogP contribution in [-0.4, -0.2) is 16.2 Å². The number of alkyl halides is 3. The largest absolute Gasteiger partial charge is 0.417 e. The summed E-state index contributed by atoms with van der Waals surface area (Å²) in [5.41, 5.74) is -3.52. The number of nitrogens with zero attached hydrogens (tertiary/aromatic N) is 2. The molecule has 2 rings (SSSR count). The number of hydrogen-bond donors (Lipinski definition) is 1. The van der Waals surface area contributed by atoms with Crippen LogP contribution in [0.5, 0.6) is 0 Å². The molecule has 1 aromatic carbocycles. The first kappa shape index (κ1) is 17.3. The lowest BCUT2D eigenvalue weighted by atomic mass is 10.0. The molecule has 0 saturated carbocycles. The van der Waals surface area contributed by atoms with Gasteiger partial charge < -0.3 is 4.98 Å². The quantitative estimate of drug-likeness (QED) is 0.500. The highest BCUT2D eigenvalue weighted by molar-refractivity contribution is 7.98. The van der Waals surface area contributed by atoms with Gasteiger partial charge in [-0.1, -0.05) is 23.4 Å². The molecule has 0 aliphatic rings. The van der Waals surface area contributed by atoms with Crippen LogP contribution in [0.1, 0.15) is 11.1 Å². The first-order chi connectivity index (χ1) is 10.7. The van der Waals surface area contributed by atoms with Gasteiger partial charge >= 0.3 is 6.18 Å². The number of H-pyrrole nitrogens is 1. The molecule has 0 atom stereocenters. The fraction of sp³-hybridized carbons (Fsp3) is 0.154. The molecule has 0 radical (unpaired) electrons. The maximum atomic E-state index is 14.3. The van der Waals surface area contributed by atoms with E-state index in [0.717, 1.165) is 17.8 Å². The summed E-state index contributed by atoms with van der Waals surface area (Å²) in [6.07, 6.45) is -3.26. The van der Waals surface area contributed by atoms with E-state index in [1.807, 2.05) is 0 Å². The zero-order valence-electron chi connectivity index (χ0n) is 11.3. The van der Waals surface area contributed by atoms with Gasteiger partial charge in [0.2, 0.25) is 0 Å². The van der Waals surface area contributed by atoms with Crippen LogP contribution in [0.15, 0.2) is 22.1 Å². The van der Waals surface area contributed by atoms with Crippen molar-refractivity contribution in [3.8, 4) is 17.3 Å². The van der Waals surface area contributed by atoms with Crippen LogP contribution in [0.4, 0.5) is 17.6 Å². The Morgan fingerprint density at radius 1 is 1.39 bits per heavy atom. The lowest BCUT2D eigenvalue weighted by molar-refractivity contribution is -0.137. The average Bonchev–Trinajstić information content (AvgIpc) is 2.47. The summed E-state index contributed by atoms with van der Waals surface area (Å²) in [7, 11) is 0. The van der Waals surface area contributed by atoms with E-state index >= 15 is 0 Å². The fourth-order valence-electron chi connectivity index (χ4n) is 1.80. The zero-order chi connectivity index (χ0) is 17.4. The molecule has 0 unspecified atom stereocenters. The molecule has 0 fully saturated rings. The van der Waals surface area contributed by atoms with Gasteiger partial charge in [-0.15, -0.1) is 0 Å². The Morgan fingerprint density at radius 2 is 2.04 bits per heavy atom. The predicted octanol–water partition coefficient (Wildman–Crippen LogP) is 3.84. The Balaban J connectivity index is 2.79. The second kappa shape index (κ2) is 6.22. The highest BCUT2D eigenvalue weighted by Crippen LogP contribution is 2.39. The molecule has 0 saturated heterocycles. The number of halogens is 5. The molecule has 0 bridgehead atoms. The van der Waals surface area contributed by atoms with Crippen molar-refractivity contribution in [1.82, 2.24) is 9.97 Å². The summed E-state index contributed by atoms with van der Waals surface area (Å²) >= 11 is 6.46. The van der Waals surface area contributed by atoms with Gasteiger partial charge in [0.15, 0.2) is 11.0 Å². The average molecular weight is 364 g/mol. The van der Waals surface area contributed by atoms with Gasteiger partial charge in [-0.05, 0) is 18.4 Å². The van der Waals surface area contributed by atoms with Gasteiger partial charge in [0.05, 0.1) is 16.3 Å². The van der Waals surface area contributed by atoms with Gasteiger partial charge in [-0.25, -0.2) is 9.37 Å². The standard InChI is InChI=1S/C13H6ClF4N3OS/c1-23-12-20-10(6(4-19)11(22)21-12)5-2-3-7(13(16,17)18)8(14)9(5)15/h2-3H,1H3,(H,20,21,22). The maximum Gasteiger partial charge on any atom is 0.417 e. The third kappa shape index (κ3) is 3.18. The highest BCUT2D eigenvalue weighted by Gasteiger charge is 2.35. The molecule has 120 valence electrons. The van der Waals surface area contributed by atoms with E-state index in [2.05, 4.69) is 9.97 Å². The second-order valence-electron chi connectivity index (χ2n) is 4.20. The van der Waals surface area contributed by atoms with Crippen molar-refractivity contribution >= 4 is 23.4 Å². The molecule has 0 aliphatic carbocycles. The van der Waals surface area contributed by atoms with Crippen LogP contribution < -0.4 is 5.56 Å². The van der Waals surface area contributed by atoms with E-state index in [1.165, 1.54) is 0 Å². The van der Waals surface area contributed by atoms with Gasteiger partial charge in [0.1, 0.15) is 11.6 Å². The lowest BCUT2D eigenvalue weighted by Crippen LogP contribution is -2.15. The topological polar surface area (TPSA) is 69.5 Å². The molecule has 0 aliphatic heterocycles. The lowest BCUT2D eigenvalue weighted by Gasteiger charge is -2.12. The van der Waals surface area contributed by atoms with Gasteiger partial charge in [-0.3, -0.25) is 4.79 Å². The molecular weight excluding hydrogens is 358 g/mol. The molecule has 0 spiro atoms. The van der Waals surface area contributed by atoms with Crippen LogP contribution in [0.25, 0.3) is 11.3 Å². The van der Waals surface area contributed by atoms with E-state index < -0.39 is 39.3 Å². The minimum atomic E-state index is -4.83. The van der Waals surface area contributed by atoms with Crippen LogP contribution in [-0.2, 0) is 6.18 Å². The minimum absolute atomic E-state index is 0.0828. The number of aromatic amines is 1. The maximum absolute atomic E-state index is 14.3. The summed E-state index contributed by atoms with van der Waals surface area (Å²) < 4.78 is 52.4. The Kier molecular flexibility index (Phi) is 4.68. The number of nitriles is 1. The molecule has 2 aromatic rings. The van der Waals surface area contributed by atoms with Crippen LogP contribution >= 0.6 is 23.4 Å². The van der Waals surface area contributed by atoms with Crippen LogP contribution in [0.3, 0.4) is 0 Å². The monoisotopic (exact) mass is 363 g/mol. The first-order valence-electron chi connectivity index (χ1n) is 5.84. The van der Waals surface area contributed by atoms with E-state index in [1.54, 1.807) is 12.3 Å². The summed E-state index contributed by atoms with van der Waals surface area (Å²) in [4.78, 5) is 18.0. The normalized spacial score (nSPS) is 11.3. The first-order valence-corrected chi connectivity index (χ1v) is 7.45. The Hall–Kier alpha value is -2.05. The Bertz CT molecular complexity index is 873. The van der Waals surface area contributed by atoms with Crippen LogP contribution in [0.2, 0.25) is 5.02 Å². The van der Waals surface area contributed by atoms with E-state index in [0.29, 0.717) is 6.07 Å². The number of thioether (sulfide) groups is 1. The predicted molar refractivity (Wildman–Crippen MR) is 76.8 cm³/mol. The van der Waals surface area contributed by atoms with Crippen molar-refractivity contribution in [2.45, 2.75) is 11.3 Å². The van der Waals surface area contributed by atoms with Gasteiger partial charge in [0, 0.05) is 5.56 Å². The van der Waals surface area contributed by atoms with Crippen molar-refractivity contribution in [3.05, 3.63) is 44.5 Å². The Labute approximate surface area is 136 Å². The molecule has 1 N–H and O–H groups in total. The number of nitrogens with one attached hydrogen (secondary N) is 1. The van der Waals surface area contributed by atoms with E-state index in [-0.39, 0.29) is 10.9 Å². The third-order valence-electron chi connectivity index (χ3n) is 2.85.